The highest BCUT2D eigenvalue weighted by molar-refractivity contribution is 7.05. The summed E-state index contributed by atoms with van der Waals surface area (Å²) in [7, 11) is -2.57. The first kappa shape index (κ1) is 11.3. The molecule has 1 radical (unpaired) electrons. The van der Waals surface area contributed by atoms with Crippen LogP contribution < -0.4 is 0 Å². The first-order valence-corrected chi connectivity index (χ1v) is 5.48. The Hall–Kier alpha value is 0.452. The van der Waals surface area contributed by atoms with Crippen molar-refractivity contribution in [1.82, 2.24) is 0 Å². The smallest absolute Gasteiger partial charge is 0.402 e. The maximum Gasteiger partial charge on any atom is 0.631 e. The van der Waals surface area contributed by atoms with Crippen molar-refractivity contribution in [3.05, 3.63) is 0 Å². The summed E-state index contributed by atoms with van der Waals surface area (Å²) in [5.74, 6) is 0. The van der Waals surface area contributed by atoms with Crippen LogP contribution >= 0.6 is 11.1 Å². The summed E-state index contributed by atoms with van der Waals surface area (Å²) in [5, 5.41) is 21.5. The maximum absolute atomic E-state index is 7.17. The van der Waals surface area contributed by atoms with E-state index in [0.29, 0.717) is 0 Å². The van der Waals surface area contributed by atoms with Gasteiger partial charge in [0.05, 0.1) is 0 Å². The van der Waals surface area contributed by atoms with Crippen LogP contribution in [0, 0.1) is 0 Å². The average Bonchev–Trinajstić information content (AvgIpc) is 1.25. The standard InChI is InChI=1S/C2H6ClSi.BH3O3/c1-4(2)3;2-1(3)4/h1-2H3;2-4H. The second kappa shape index (κ2) is 7.45. The van der Waals surface area contributed by atoms with Gasteiger partial charge in [-0.2, -0.15) is 11.1 Å². The highest BCUT2D eigenvalue weighted by Gasteiger charge is 1.92. The summed E-state index contributed by atoms with van der Waals surface area (Å²) in [6.07, 6.45) is 0. The fourth-order valence-electron chi connectivity index (χ4n) is 0. The summed E-state index contributed by atoms with van der Waals surface area (Å²) in [4.78, 5) is 0. The predicted molar refractivity (Wildman–Crippen MR) is 35.7 cm³/mol. The van der Waals surface area contributed by atoms with Gasteiger partial charge in [-0.15, -0.1) is 0 Å². The monoisotopic (exact) mass is 155 g/mol. The van der Waals surface area contributed by atoms with Crippen LogP contribution in [0.15, 0.2) is 0 Å². The van der Waals surface area contributed by atoms with Crippen LogP contribution in [0.4, 0.5) is 0 Å². The van der Waals surface area contributed by atoms with E-state index in [2.05, 4.69) is 0 Å². The molecule has 0 aromatic rings. The quantitative estimate of drug-likeness (QED) is 0.324. The molecule has 0 aromatic carbocycles. The third kappa shape index (κ3) is 939. The second-order valence-electron chi connectivity index (χ2n) is 1.22. The normalized spacial score (nSPS) is 7.88. The molecule has 0 aliphatic carbocycles. The fourth-order valence-corrected chi connectivity index (χ4v) is 0. The zero-order chi connectivity index (χ0) is 7.15. The van der Waals surface area contributed by atoms with Gasteiger partial charge in [0.1, 0.15) is 0 Å². The van der Waals surface area contributed by atoms with Crippen LogP contribution in [0.1, 0.15) is 0 Å². The number of rotatable bonds is 0. The summed E-state index contributed by atoms with van der Waals surface area (Å²) in [6, 6.07) is 0. The molecular weight excluding hydrogens is 146 g/mol. The fraction of sp³-hybridized carbons (Fsp3) is 1.00. The van der Waals surface area contributed by atoms with E-state index < -0.39 is 15.4 Å². The van der Waals surface area contributed by atoms with Crippen molar-refractivity contribution in [2.45, 2.75) is 13.1 Å². The van der Waals surface area contributed by atoms with Crippen LogP contribution in [0.2, 0.25) is 13.1 Å². The molecule has 49 valence electrons. The Kier molecular flexibility index (Phi) is 10.5. The van der Waals surface area contributed by atoms with Gasteiger partial charge >= 0.3 is 7.32 Å². The zero-order valence-corrected chi connectivity index (χ0v) is 6.55. The largest absolute Gasteiger partial charge is 0.631 e. The lowest BCUT2D eigenvalue weighted by Gasteiger charge is -1.70. The third-order valence-corrected chi connectivity index (χ3v) is 0. The Morgan fingerprint density at radius 1 is 1.25 bits per heavy atom. The molecule has 0 unspecified atom stereocenters. The number of halogens is 1. The summed E-state index contributed by atoms with van der Waals surface area (Å²) in [5.41, 5.74) is 0. The first-order chi connectivity index (χ1) is 3.46. The number of hydrogen-bond acceptors (Lipinski definition) is 3. The van der Waals surface area contributed by atoms with Gasteiger partial charge in [0.25, 0.3) is 0 Å². The molecule has 0 bridgehead atoms. The van der Waals surface area contributed by atoms with Crippen LogP contribution in [-0.2, 0) is 0 Å². The van der Waals surface area contributed by atoms with Crippen molar-refractivity contribution in [2.75, 3.05) is 0 Å². The predicted octanol–water partition coefficient (Wildman–Crippen LogP) is -0.576. The second-order valence-corrected chi connectivity index (χ2v) is 5.25. The molecule has 8 heavy (non-hydrogen) atoms. The zero-order valence-electron chi connectivity index (χ0n) is 4.80. The van der Waals surface area contributed by atoms with E-state index in [1.807, 2.05) is 13.1 Å². The molecule has 0 heterocycles. The van der Waals surface area contributed by atoms with E-state index >= 15 is 0 Å². The topological polar surface area (TPSA) is 60.7 Å². The third-order valence-electron chi connectivity index (χ3n) is 0. The van der Waals surface area contributed by atoms with E-state index in [1.165, 1.54) is 0 Å². The minimum atomic E-state index is -2.17. The summed E-state index contributed by atoms with van der Waals surface area (Å²) < 4.78 is 0. The molecule has 0 aliphatic heterocycles. The van der Waals surface area contributed by atoms with Gasteiger partial charge in [-0.25, -0.2) is 0 Å². The molecule has 0 amide bonds. The lowest BCUT2D eigenvalue weighted by atomic mass is 10.3. The Morgan fingerprint density at radius 2 is 1.25 bits per heavy atom. The highest BCUT2D eigenvalue weighted by Crippen LogP contribution is 1.79. The molecule has 0 aromatic heterocycles. The van der Waals surface area contributed by atoms with E-state index in [0.717, 1.165) is 0 Å². The molecule has 3 N–H and O–H groups in total. The van der Waals surface area contributed by atoms with Gasteiger partial charge in [-0.3, -0.25) is 0 Å². The molecule has 0 spiro atoms. The lowest BCUT2D eigenvalue weighted by Crippen LogP contribution is -2.07. The van der Waals surface area contributed by atoms with Gasteiger partial charge in [0, 0.05) is 0 Å². The average molecular weight is 155 g/mol. The highest BCUT2D eigenvalue weighted by atomic mass is 35.6. The van der Waals surface area contributed by atoms with E-state index in [-0.39, 0.29) is 0 Å². The van der Waals surface area contributed by atoms with Crippen molar-refractivity contribution in [3.8, 4) is 0 Å². The molecule has 0 fully saturated rings. The molecule has 3 nitrogen and oxygen atoms in total. The summed E-state index contributed by atoms with van der Waals surface area (Å²) in [6.45, 7) is 4.07. The molecule has 0 saturated heterocycles. The van der Waals surface area contributed by atoms with E-state index in [4.69, 9.17) is 26.2 Å². The Bertz CT molecular complexity index is 32.8. The van der Waals surface area contributed by atoms with E-state index in [1.54, 1.807) is 0 Å². The van der Waals surface area contributed by atoms with Gasteiger partial charge in [-0.05, 0) is 0 Å². The molecule has 6 heteroatoms. The van der Waals surface area contributed by atoms with Crippen LogP contribution in [0.25, 0.3) is 0 Å². The molecule has 0 saturated carbocycles. The van der Waals surface area contributed by atoms with Gasteiger partial charge < -0.3 is 15.1 Å². The Balaban J connectivity index is 0. The molecule has 0 aliphatic rings. The minimum Gasteiger partial charge on any atom is -0.402 e. The SMILES string of the molecule is C[Si](C)Cl.OB(O)O. The van der Waals surface area contributed by atoms with Gasteiger partial charge in [0.15, 0.2) is 8.11 Å². The van der Waals surface area contributed by atoms with Gasteiger partial charge in [0.2, 0.25) is 0 Å². The van der Waals surface area contributed by atoms with Crippen LogP contribution in [0.3, 0.4) is 0 Å². The molecule has 0 rings (SSSR count). The minimum absolute atomic E-state index is 0.407. The Morgan fingerprint density at radius 3 is 1.25 bits per heavy atom. The van der Waals surface area contributed by atoms with Gasteiger partial charge in [-0.1, -0.05) is 13.1 Å². The van der Waals surface area contributed by atoms with Crippen LogP contribution in [0.5, 0.6) is 0 Å². The summed E-state index contributed by atoms with van der Waals surface area (Å²) >= 11 is 5.38. The first-order valence-electron chi connectivity index (χ1n) is 1.96. The van der Waals surface area contributed by atoms with E-state index in [9.17, 15) is 0 Å². The maximum atomic E-state index is 7.17. The van der Waals surface area contributed by atoms with Crippen molar-refractivity contribution >= 4 is 26.5 Å². The lowest BCUT2D eigenvalue weighted by molar-refractivity contribution is 0.278. The van der Waals surface area contributed by atoms with Crippen LogP contribution in [-0.4, -0.2) is 30.5 Å². The molecular formula is C2H9BClO3Si. The van der Waals surface area contributed by atoms with Crippen molar-refractivity contribution in [2.24, 2.45) is 0 Å². The number of hydrogen-bond donors (Lipinski definition) is 3. The molecule has 0 atom stereocenters. The van der Waals surface area contributed by atoms with Crippen molar-refractivity contribution < 1.29 is 15.1 Å². The van der Waals surface area contributed by atoms with Crippen molar-refractivity contribution in [1.29, 1.82) is 0 Å². The van der Waals surface area contributed by atoms with Crippen molar-refractivity contribution in [3.63, 3.8) is 0 Å². The Labute approximate surface area is 55.4 Å².